The number of esters is 2. The van der Waals surface area contributed by atoms with Crippen molar-refractivity contribution >= 4 is 17.7 Å². The normalized spacial score (nSPS) is 10.4. The molecule has 0 unspecified atom stereocenters. The molecule has 1 aromatic rings. The van der Waals surface area contributed by atoms with Gasteiger partial charge >= 0.3 is 11.9 Å². The van der Waals surface area contributed by atoms with Gasteiger partial charge in [0.25, 0.3) is 0 Å². The molecule has 0 spiro atoms. The summed E-state index contributed by atoms with van der Waals surface area (Å²) in [6, 6.07) is 0. The molecule has 0 aliphatic carbocycles. The van der Waals surface area contributed by atoms with Gasteiger partial charge in [0.05, 0.1) is 0 Å². The monoisotopic (exact) mass is 416 g/mol. The molecule has 1 aromatic carbocycles. The summed E-state index contributed by atoms with van der Waals surface area (Å²) in [6.45, 7) is 13.5. The molecule has 164 valence electrons. The molecule has 0 bridgehead atoms. The molecule has 0 amide bonds. The van der Waals surface area contributed by atoms with Crippen molar-refractivity contribution in [2.45, 2.75) is 68.2 Å². The van der Waals surface area contributed by atoms with Crippen molar-refractivity contribution in [2.24, 2.45) is 5.92 Å². The van der Waals surface area contributed by atoms with Crippen LogP contribution >= 0.6 is 0 Å². The summed E-state index contributed by atoms with van der Waals surface area (Å²) in [5.74, 6) is -2.31. The zero-order valence-corrected chi connectivity index (χ0v) is 19.1. The largest absolute Gasteiger partial charge is 0.507 e. The van der Waals surface area contributed by atoms with Crippen LogP contribution in [0.25, 0.3) is 0 Å². The van der Waals surface area contributed by atoms with Crippen molar-refractivity contribution in [1.82, 2.24) is 0 Å². The lowest BCUT2D eigenvalue weighted by molar-refractivity contribution is -0.132. The number of hydrogen-bond acceptors (Lipinski definition) is 6. The summed E-state index contributed by atoms with van der Waals surface area (Å²) < 4.78 is 10.9. The standard InChI is InChI=1S/C24H32O6/c1-13(2)9-11-18-22(28)20(21(27)15(5)6)24(30-17(8)26)19(12-10-14(3)4)23(18)29-16(7)25/h9-10,15,28H,11-12H2,1-8H3. The Morgan fingerprint density at radius 1 is 0.800 bits per heavy atom. The Hall–Kier alpha value is -2.89. The van der Waals surface area contributed by atoms with E-state index in [1.807, 2.05) is 39.8 Å². The predicted molar refractivity (Wildman–Crippen MR) is 116 cm³/mol. The van der Waals surface area contributed by atoms with Gasteiger partial charge in [-0.3, -0.25) is 14.4 Å². The molecule has 1 N–H and O–H groups in total. The Labute approximate surface area is 178 Å². The van der Waals surface area contributed by atoms with Gasteiger partial charge in [-0.15, -0.1) is 0 Å². The fraction of sp³-hybridized carbons (Fsp3) is 0.458. The second-order valence-electron chi connectivity index (χ2n) is 8.02. The van der Waals surface area contributed by atoms with Crippen LogP contribution in [0.2, 0.25) is 0 Å². The highest BCUT2D eigenvalue weighted by Gasteiger charge is 2.31. The molecule has 0 aliphatic rings. The highest BCUT2D eigenvalue weighted by Crippen LogP contribution is 2.45. The van der Waals surface area contributed by atoms with E-state index in [1.54, 1.807) is 13.8 Å². The molecule has 0 atom stereocenters. The highest BCUT2D eigenvalue weighted by atomic mass is 16.5. The molecule has 0 fully saturated rings. The third kappa shape index (κ3) is 6.58. The maximum Gasteiger partial charge on any atom is 0.308 e. The fourth-order valence-electron chi connectivity index (χ4n) is 2.83. The Morgan fingerprint density at radius 2 is 1.23 bits per heavy atom. The third-order valence-corrected chi connectivity index (χ3v) is 4.26. The van der Waals surface area contributed by atoms with E-state index >= 15 is 0 Å². The van der Waals surface area contributed by atoms with Gasteiger partial charge in [0.1, 0.15) is 17.1 Å². The zero-order chi connectivity index (χ0) is 23.2. The second-order valence-corrected chi connectivity index (χ2v) is 8.02. The van der Waals surface area contributed by atoms with E-state index in [0.29, 0.717) is 11.1 Å². The number of carbonyl (C=O) groups excluding carboxylic acids is 3. The van der Waals surface area contributed by atoms with Gasteiger partial charge in [-0.1, -0.05) is 37.1 Å². The average molecular weight is 417 g/mol. The van der Waals surface area contributed by atoms with Crippen molar-refractivity contribution in [1.29, 1.82) is 0 Å². The number of Topliss-reactive ketones (excluding diaryl/α,β-unsaturated/α-hetero) is 1. The van der Waals surface area contributed by atoms with Gasteiger partial charge in [-0.2, -0.15) is 0 Å². The average Bonchev–Trinajstić information content (AvgIpc) is 2.59. The van der Waals surface area contributed by atoms with E-state index < -0.39 is 17.9 Å². The number of phenolic OH excluding ortho intramolecular Hbond substituents is 1. The second kappa shape index (κ2) is 10.8. The number of benzene rings is 1. The van der Waals surface area contributed by atoms with Gasteiger partial charge in [0, 0.05) is 30.9 Å². The zero-order valence-electron chi connectivity index (χ0n) is 19.1. The Kier molecular flexibility index (Phi) is 9.02. The van der Waals surface area contributed by atoms with Gasteiger partial charge in [-0.05, 0) is 40.5 Å². The predicted octanol–water partition coefficient (Wildman–Crippen LogP) is 5.10. The van der Waals surface area contributed by atoms with Crippen molar-refractivity contribution in [3.63, 3.8) is 0 Å². The highest BCUT2D eigenvalue weighted by molar-refractivity contribution is 6.04. The van der Waals surface area contributed by atoms with Crippen LogP contribution in [0.15, 0.2) is 23.3 Å². The van der Waals surface area contributed by atoms with Crippen LogP contribution in [0.4, 0.5) is 0 Å². The van der Waals surface area contributed by atoms with Crippen LogP contribution in [-0.4, -0.2) is 22.8 Å². The third-order valence-electron chi connectivity index (χ3n) is 4.26. The van der Waals surface area contributed by atoms with Crippen molar-refractivity contribution in [2.75, 3.05) is 0 Å². The van der Waals surface area contributed by atoms with E-state index in [4.69, 9.17) is 9.47 Å². The summed E-state index contributed by atoms with van der Waals surface area (Å²) >= 11 is 0. The topological polar surface area (TPSA) is 89.9 Å². The van der Waals surface area contributed by atoms with Gasteiger partial charge in [-0.25, -0.2) is 0 Å². The lowest BCUT2D eigenvalue weighted by Gasteiger charge is -2.22. The minimum atomic E-state index is -0.642. The summed E-state index contributed by atoms with van der Waals surface area (Å²) in [5, 5.41) is 11.1. The minimum absolute atomic E-state index is 0.0617. The number of ether oxygens (including phenoxy) is 2. The summed E-state index contributed by atoms with van der Waals surface area (Å²) in [7, 11) is 0. The summed E-state index contributed by atoms with van der Waals surface area (Å²) in [5.41, 5.74) is 2.61. The molecular formula is C24H32O6. The number of ketones is 1. The first-order valence-corrected chi connectivity index (χ1v) is 9.95. The van der Waals surface area contributed by atoms with Crippen molar-refractivity contribution < 1.29 is 29.0 Å². The van der Waals surface area contributed by atoms with Crippen LogP contribution in [-0.2, 0) is 22.4 Å². The maximum absolute atomic E-state index is 13.0. The van der Waals surface area contributed by atoms with E-state index in [-0.39, 0.29) is 41.4 Å². The number of rotatable bonds is 8. The number of hydrogen-bond donors (Lipinski definition) is 1. The number of allylic oxidation sites excluding steroid dienone is 4. The molecule has 1 rings (SSSR count). The van der Waals surface area contributed by atoms with Crippen LogP contribution in [0.3, 0.4) is 0 Å². The Bertz CT molecular complexity index is 895. The van der Waals surface area contributed by atoms with Crippen LogP contribution in [0.1, 0.15) is 76.9 Å². The van der Waals surface area contributed by atoms with Gasteiger partial charge in [0.15, 0.2) is 11.5 Å². The SMILES string of the molecule is CC(=O)Oc1c(CC=C(C)C)c(O)c(C(=O)C(C)C)c(OC(C)=O)c1CC=C(C)C. The summed E-state index contributed by atoms with van der Waals surface area (Å²) in [6.07, 6.45) is 4.24. The smallest absolute Gasteiger partial charge is 0.308 e. The lowest BCUT2D eigenvalue weighted by Crippen LogP contribution is -2.17. The maximum atomic E-state index is 13.0. The molecule has 0 radical (unpaired) electrons. The molecule has 0 saturated heterocycles. The van der Waals surface area contributed by atoms with E-state index in [0.717, 1.165) is 11.1 Å². The molecule has 0 saturated carbocycles. The lowest BCUT2D eigenvalue weighted by atomic mass is 9.90. The fourth-order valence-corrected chi connectivity index (χ4v) is 2.83. The number of carbonyl (C=O) groups is 3. The molecule has 30 heavy (non-hydrogen) atoms. The minimum Gasteiger partial charge on any atom is -0.507 e. The van der Waals surface area contributed by atoms with Crippen LogP contribution in [0.5, 0.6) is 17.2 Å². The van der Waals surface area contributed by atoms with E-state index in [1.165, 1.54) is 13.8 Å². The van der Waals surface area contributed by atoms with Gasteiger partial charge in [0.2, 0.25) is 0 Å². The van der Waals surface area contributed by atoms with Crippen LogP contribution in [0, 0.1) is 5.92 Å². The molecular weight excluding hydrogens is 384 g/mol. The van der Waals surface area contributed by atoms with E-state index in [2.05, 4.69) is 0 Å². The number of aromatic hydroxyl groups is 1. The first-order valence-electron chi connectivity index (χ1n) is 9.95. The number of phenols is 1. The molecule has 0 heterocycles. The van der Waals surface area contributed by atoms with Crippen molar-refractivity contribution in [3.05, 3.63) is 40.0 Å². The van der Waals surface area contributed by atoms with Crippen molar-refractivity contribution in [3.8, 4) is 17.2 Å². The van der Waals surface area contributed by atoms with E-state index in [9.17, 15) is 19.5 Å². The van der Waals surface area contributed by atoms with Crippen LogP contribution < -0.4 is 9.47 Å². The first-order chi connectivity index (χ1) is 13.9. The molecule has 0 aliphatic heterocycles. The summed E-state index contributed by atoms with van der Waals surface area (Å²) in [4.78, 5) is 36.7. The molecule has 0 aromatic heterocycles. The Morgan fingerprint density at radius 3 is 1.63 bits per heavy atom. The van der Waals surface area contributed by atoms with Gasteiger partial charge < -0.3 is 14.6 Å². The first kappa shape index (κ1) is 25.1. The Balaban J connectivity index is 4.10. The molecule has 6 heteroatoms. The molecule has 6 nitrogen and oxygen atoms in total. The quantitative estimate of drug-likeness (QED) is 0.274.